The molecule has 0 amide bonds. The fourth-order valence-corrected chi connectivity index (χ4v) is 4.28. The van der Waals surface area contributed by atoms with E-state index in [2.05, 4.69) is 19.9 Å². The molecular formula is C16H24N6O2S. The highest BCUT2D eigenvalue weighted by Gasteiger charge is 2.30. The Labute approximate surface area is 148 Å². The molecule has 0 bridgehead atoms. The molecule has 1 aliphatic heterocycles. The van der Waals surface area contributed by atoms with E-state index in [1.54, 1.807) is 37.0 Å². The molecule has 8 nitrogen and oxygen atoms in total. The summed E-state index contributed by atoms with van der Waals surface area (Å²) in [7, 11) is -0.209. The average molecular weight is 364 g/mol. The van der Waals surface area contributed by atoms with Crippen LogP contribution in [0, 0.1) is 12.8 Å². The van der Waals surface area contributed by atoms with Crippen LogP contribution >= 0.6 is 0 Å². The van der Waals surface area contributed by atoms with E-state index in [-0.39, 0.29) is 5.92 Å². The number of imidazole rings is 1. The van der Waals surface area contributed by atoms with Gasteiger partial charge in [-0.25, -0.2) is 9.97 Å². The molecule has 1 N–H and O–H groups in total. The highest BCUT2D eigenvalue weighted by atomic mass is 32.2. The van der Waals surface area contributed by atoms with Gasteiger partial charge in [-0.1, -0.05) is 0 Å². The molecule has 2 aromatic heterocycles. The Hall–Kier alpha value is -1.84. The molecule has 0 unspecified atom stereocenters. The normalized spacial score (nSPS) is 19.4. The van der Waals surface area contributed by atoms with Crippen LogP contribution in [0.2, 0.25) is 0 Å². The molecule has 25 heavy (non-hydrogen) atoms. The zero-order chi connectivity index (χ0) is 18.0. The van der Waals surface area contributed by atoms with Crippen molar-refractivity contribution in [1.29, 1.82) is 0 Å². The zero-order valence-electron chi connectivity index (χ0n) is 14.8. The van der Waals surface area contributed by atoms with Crippen molar-refractivity contribution >= 4 is 10.2 Å². The highest BCUT2D eigenvalue weighted by Crippen LogP contribution is 2.23. The number of nitrogens with zero attached hydrogens (tertiary/aromatic N) is 5. The Balaban J connectivity index is 1.66. The van der Waals surface area contributed by atoms with Gasteiger partial charge in [0.25, 0.3) is 10.2 Å². The number of rotatable bonds is 5. The summed E-state index contributed by atoms with van der Waals surface area (Å²) < 4.78 is 27.4. The van der Waals surface area contributed by atoms with Crippen molar-refractivity contribution in [3.05, 3.63) is 30.0 Å². The van der Waals surface area contributed by atoms with Crippen molar-refractivity contribution in [3.8, 4) is 11.5 Å². The van der Waals surface area contributed by atoms with Gasteiger partial charge in [0, 0.05) is 45.3 Å². The topological polar surface area (TPSA) is 95.1 Å². The minimum absolute atomic E-state index is 0.259. The SMILES string of the molecule is Cc1cnc(-c2cnc(C[C@@H]3CCCN(S(=O)(=O)N(C)C)C3)cn2)[nH]1. The molecule has 0 aliphatic carbocycles. The van der Waals surface area contributed by atoms with Crippen molar-refractivity contribution in [1.82, 2.24) is 28.5 Å². The van der Waals surface area contributed by atoms with Gasteiger partial charge in [0.2, 0.25) is 0 Å². The smallest absolute Gasteiger partial charge is 0.281 e. The number of nitrogens with one attached hydrogen (secondary N) is 1. The predicted molar refractivity (Wildman–Crippen MR) is 95.0 cm³/mol. The number of aryl methyl sites for hydroxylation is 1. The van der Waals surface area contributed by atoms with Crippen LogP contribution in [0.5, 0.6) is 0 Å². The average Bonchev–Trinajstić information content (AvgIpc) is 3.02. The molecule has 1 aliphatic rings. The Kier molecular flexibility index (Phi) is 5.16. The second kappa shape index (κ2) is 7.19. The van der Waals surface area contributed by atoms with Crippen LogP contribution in [0.25, 0.3) is 11.5 Å². The van der Waals surface area contributed by atoms with Gasteiger partial charge in [-0.2, -0.15) is 17.0 Å². The third-order valence-electron chi connectivity index (χ3n) is 4.42. The quantitative estimate of drug-likeness (QED) is 0.861. The molecule has 9 heteroatoms. The summed E-state index contributed by atoms with van der Waals surface area (Å²) in [5, 5.41) is 0. The maximum absolute atomic E-state index is 12.3. The fraction of sp³-hybridized carbons (Fsp3) is 0.562. The highest BCUT2D eigenvalue weighted by molar-refractivity contribution is 7.86. The number of hydrogen-bond acceptors (Lipinski definition) is 5. The summed E-state index contributed by atoms with van der Waals surface area (Å²) in [5.41, 5.74) is 2.56. The van der Waals surface area contributed by atoms with Gasteiger partial charge in [-0.05, 0) is 32.1 Å². The van der Waals surface area contributed by atoms with E-state index in [0.29, 0.717) is 24.6 Å². The van der Waals surface area contributed by atoms with Gasteiger partial charge in [0.15, 0.2) is 5.82 Å². The van der Waals surface area contributed by atoms with Crippen LogP contribution in [-0.2, 0) is 16.6 Å². The first-order valence-corrected chi connectivity index (χ1v) is 9.76. The van der Waals surface area contributed by atoms with E-state index in [0.717, 1.165) is 30.7 Å². The van der Waals surface area contributed by atoms with Crippen LogP contribution < -0.4 is 0 Å². The molecule has 1 saturated heterocycles. The van der Waals surface area contributed by atoms with Gasteiger partial charge in [-0.15, -0.1) is 0 Å². The summed E-state index contributed by atoms with van der Waals surface area (Å²) in [6.45, 7) is 3.05. The Morgan fingerprint density at radius 1 is 1.24 bits per heavy atom. The Morgan fingerprint density at radius 2 is 2.04 bits per heavy atom. The monoisotopic (exact) mass is 364 g/mol. The van der Waals surface area contributed by atoms with E-state index < -0.39 is 10.2 Å². The van der Waals surface area contributed by atoms with Crippen molar-refractivity contribution in [2.45, 2.75) is 26.2 Å². The van der Waals surface area contributed by atoms with E-state index in [4.69, 9.17) is 0 Å². The summed E-state index contributed by atoms with van der Waals surface area (Å²) in [6.07, 6.45) is 7.82. The Morgan fingerprint density at radius 3 is 2.64 bits per heavy atom. The molecule has 136 valence electrons. The van der Waals surface area contributed by atoms with Gasteiger partial charge >= 0.3 is 0 Å². The predicted octanol–water partition coefficient (Wildman–Crippen LogP) is 1.24. The van der Waals surface area contributed by atoms with Crippen LogP contribution in [-0.4, -0.2) is 64.1 Å². The summed E-state index contributed by atoms with van der Waals surface area (Å²) in [4.78, 5) is 16.3. The molecule has 1 atom stereocenters. The molecule has 0 saturated carbocycles. The third kappa shape index (κ3) is 4.05. The number of piperidine rings is 1. The number of H-pyrrole nitrogens is 1. The standard InChI is InChI=1S/C16H24N6O2S/c1-12-8-19-16(20-12)15-10-17-14(9-18-15)7-13-5-4-6-22(11-13)25(23,24)21(2)3/h8-10,13H,4-7,11H2,1-3H3,(H,19,20)/t13-/m0/s1. The van der Waals surface area contributed by atoms with Crippen LogP contribution in [0.3, 0.4) is 0 Å². The fourth-order valence-electron chi connectivity index (χ4n) is 3.06. The molecule has 3 rings (SSSR count). The van der Waals surface area contributed by atoms with E-state index in [9.17, 15) is 8.42 Å². The minimum atomic E-state index is -3.35. The van der Waals surface area contributed by atoms with Gasteiger partial charge in [0.1, 0.15) is 5.69 Å². The lowest BCUT2D eigenvalue weighted by molar-refractivity contribution is 0.253. The first-order valence-electron chi connectivity index (χ1n) is 8.37. The van der Waals surface area contributed by atoms with E-state index in [1.807, 2.05) is 6.92 Å². The molecule has 0 aromatic carbocycles. The van der Waals surface area contributed by atoms with Crippen molar-refractivity contribution < 1.29 is 8.42 Å². The van der Waals surface area contributed by atoms with Crippen molar-refractivity contribution in [2.24, 2.45) is 5.92 Å². The van der Waals surface area contributed by atoms with Gasteiger partial charge in [0.05, 0.1) is 11.9 Å². The number of aromatic amines is 1. The number of aromatic nitrogens is 4. The first kappa shape index (κ1) is 18.0. The maximum Gasteiger partial charge on any atom is 0.281 e. The lowest BCUT2D eigenvalue weighted by Gasteiger charge is -2.33. The van der Waals surface area contributed by atoms with Crippen LogP contribution in [0.1, 0.15) is 24.2 Å². The van der Waals surface area contributed by atoms with E-state index in [1.165, 1.54) is 4.31 Å². The first-order chi connectivity index (χ1) is 11.9. The second-order valence-electron chi connectivity index (χ2n) is 6.67. The van der Waals surface area contributed by atoms with Gasteiger partial charge in [-0.3, -0.25) is 4.98 Å². The molecule has 3 heterocycles. The largest absolute Gasteiger partial charge is 0.341 e. The van der Waals surface area contributed by atoms with Gasteiger partial charge < -0.3 is 4.98 Å². The molecule has 0 radical (unpaired) electrons. The second-order valence-corrected chi connectivity index (χ2v) is 8.81. The third-order valence-corrected chi connectivity index (χ3v) is 6.33. The molecule has 0 spiro atoms. The lowest BCUT2D eigenvalue weighted by atomic mass is 9.95. The van der Waals surface area contributed by atoms with Crippen LogP contribution in [0.15, 0.2) is 18.6 Å². The maximum atomic E-state index is 12.3. The zero-order valence-corrected chi connectivity index (χ0v) is 15.6. The summed E-state index contributed by atoms with van der Waals surface area (Å²) in [5.74, 6) is 0.965. The van der Waals surface area contributed by atoms with Crippen molar-refractivity contribution in [2.75, 3.05) is 27.2 Å². The molecule has 1 fully saturated rings. The summed E-state index contributed by atoms with van der Waals surface area (Å²) in [6, 6.07) is 0. The van der Waals surface area contributed by atoms with Crippen LogP contribution in [0.4, 0.5) is 0 Å². The molecule has 2 aromatic rings. The lowest BCUT2D eigenvalue weighted by Crippen LogP contribution is -2.45. The Bertz CT molecular complexity index is 815. The minimum Gasteiger partial charge on any atom is -0.341 e. The van der Waals surface area contributed by atoms with Crippen molar-refractivity contribution in [3.63, 3.8) is 0 Å². The molecular weight excluding hydrogens is 340 g/mol. The summed E-state index contributed by atoms with van der Waals surface area (Å²) >= 11 is 0. The van der Waals surface area contributed by atoms with E-state index >= 15 is 0 Å². The number of hydrogen-bond donors (Lipinski definition) is 1.